The normalized spacial score (nSPS) is 14.4. The summed E-state index contributed by atoms with van der Waals surface area (Å²) in [5.74, 6) is 0. The molecule has 0 fully saturated rings. The van der Waals surface area contributed by atoms with Crippen molar-refractivity contribution in [3.05, 3.63) is 215 Å². The minimum absolute atomic E-state index is 0.355. The second-order valence-corrected chi connectivity index (χ2v) is 12.3. The smallest absolute Gasteiger partial charge is 0.143 e. The minimum atomic E-state index is -1.76. The summed E-state index contributed by atoms with van der Waals surface area (Å²) < 4.78 is 13.3. The van der Waals surface area contributed by atoms with Crippen LogP contribution in [-0.2, 0) is 20.7 Å². The van der Waals surface area contributed by atoms with E-state index in [2.05, 4.69) is 0 Å². The Morgan fingerprint density at radius 2 is 0.500 bits per heavy atom. The van der Waals surface area contributed by atoms with Gasteiger partial charge in [0, 0.05) is 0 Å². The SMILES string of the molecule is O[C@@H]([C@H](O)[C@@H](O)COC(c1ccccc1)(c1ccccc1)c1ccccc1)[C@H](O)COC(c1ccccc1)(c1ccccc1)c1ccccc1. The molecule has 6 aromatic carbocycles. The highest BCUT2D eigenvalue weighted by Gasteiger charge is 2.42. The number of rotatable bonds is 15. The first-order valence-corrected chi connectivity index (χ1v) is 16.8. The molecule has 254 valence electrons. The Hall–Kier alpha value is -4.92. The highest BCUT2D eigenvalue weighted by atomic mass is 16.5. The number of hydrogen-bond acceptors (Lipinski definition) is 6. The zero-order valence-electron chi connectivity index (χ0n) is 27.6. The number of aliphatic hydroxyl groups excluding tert-OH is 4. The molecule has 0 heterocycles. The maximum absolute atomic E-state index is 11.3. The molecule has 0 unspecified atom stereocenters. The van der Waals surface area contributed by atoms with Crippen molar-refractivity contribution in [2.45, 2.75) is 35.6 Å². The molecule has 0 aromatic heterocycles. The molecular weight excluding hydrogens is 624 g/mol. The van der Waals surface area contributed by atoms with Crippen LogP contribution in [0.3, 0.4) is 0 Å². The van der Waals surface area contributed by atoms with Gasteiger partial charge in [0.2, 0.25) is 0 Å². The molecule has 0 saturated carbocycles. The molecule has 6 nitrogen and oxygen atoms in total. The Bertz CT molecular complexity index is 1520. The molecule has 0 aliphatic carbocycles. The van der Waals surface area contributed by atoms with Gasteiger partial charge < -0.3 is 29.9 Å². The predicted octanol–water partition coefficient (Wildman–Crippen LogP) is 6.45. The Morgan fingerprint density at radius 3 is 0.680 bits per heavy atom. The topological polar surface area (TPSA) is 99.4 Å². The molecule has 0 aliphatic rings. The van der Waals surface area contributed by atoms with Gasteiger partial charge in [0.1, 0.15) is 35.6 Å². The average molecular weight is 667 g/mol. The van der Waals surface area contributed by atoms with Gasteiger partial charge in [-0.15, -0.1) is 0 Å². The molecule has 50 heavy (non-hydrogen) atoms. The predicted molar refractivity (Wildman–Crippen MR) is 194 cm³/mol. The van der Waals surface area contributed by atoms with E-state index in [1.165, 1.54) is 0 Å². The Kier molecular flexibility index (Phi) is 11.3. The quantitative estimate of drug-likeness (QED) is 0.0942. The molecule has 0 bridgehead atoms. The van der Waals surface area contributed by atoms with Crippen molar-refractivity contribution < 1.29 is 29.9 Å². The summed E-state index contributed by atoms with van der Waals surface area (Å²) in [5, 5.41) is 45.1. The van der Waals surface area contributed by atoms with Crippen LogP contribution in [0, 0.1) is 0 Å². The summed E-state index contributed by atoms with van der Waals surface area (Å²) in [7, 11) is 0. The Labute approximate surface area is 293 Å². The minimum Gasteiger partial charge on any atom is -0.388 e. The second kappa shape index (κ2) is 16.2. The fraction of sp³-hybridized carbons (Fsp3) is 0.182. The van der Waals surface area contributed by atoms with Crippen molar-refractivity contribution in [3.63, 3.8) is 0 Å². The van der Waals surface area contributed by atoms with Crippen LogP contribution in [0.1, 0.15) is 33.4 Å². The summed E-state index contributed by atoms with van der Waals surface area (Å²) in [5.41, 5.74) is 2.67. The average Bonchev–Trinajstić information content (AvgIpc) is 3.20. The second-order valence-electron chi connectivity index (χ2n) is 12.3. The third-order valence-electron chi connectivity index (χ3n) is 9.16. The van der Waals surface area contributed by atoms with E-state index in [1.807, 2.05) is 182 Å². The van der Waals surface area contributed by atoms with E-state index in [0.29, 0.717) is 0 Å². The van der Waals surface area contributed by atoms with Gasteiger partial charge in [-0.2, -0.15) is 0 Å². The monoisotopic (exact) mass is 666 g/mol. The largest absolute Gasteiger partial charge is 0.388 e. The van der Waals surface area contributed by atoms with Crippen molar-refractivity contribution in [2.24, 2.45) is 0 Å². The third-order valence-corrected chi connectivity index (χ3v) is 9.16. The van der Waals surface area contributed by atoms with E-state index < -0.39 is 35.6 Å². The van der Waals surface area contributed by atoms with E-state index in [1.54, 1.807) is 0 Å². The lowest BCUT2D eigenvalue weighted by atomic mass is 9.80. The first-order chi connectivity index (χ1) is 24.5. The summed E-state index contributed by atoms with van der Waals surface area (Å²) in [6.07, 6.45) is -6.63. The molecule has 4 N–H and O–H groups in total. The summed E-state index contributed by atoms with van der Waals surface area (Å²) in [6, 6.07) is 58.1. The number of aliphatic hydroxyl groups is 4. The van der Waals surface area contributed by atoms with E-state index in [9.17, 15) is 20.4 Å². The molecule has 0 radical (unpaired) electrons. The van der Waals surface area contributed by atoms with Gasteiger partial charge in [0.25, 0.3) is 0 Å². The molecule has 0 amide bonds. The molecule has 0 saturated heterocycles. The van der Waals surface area contributed by atoms with E-state index in [4.69, 9.17) is 9.47 Å². The fourth-order valence-corrected chi connectivity index (χ4v) is 6.61. The van der Waals surface area contributed by atoms with Crippen LogP contribution in [0.25, 0.3) is 0 Å². The summed E-state index contributed by atoms with van der Waals surface area (Å²) >= 11 is 0. The Balaban J connectivity index is 1.25. The molecule has 0 spiro atoms. The lowest BCUT2D eigenvalue weighted by molar-refractivity contribution is -0.151. The molecule has 0 aliphatic heterocycles. The summed E-state index contributed by atoms with van der Waals surface area (Å²) in [6.45, 7) is -0.709. The molecule has 6 heteroatoms. The van der Waals surface area contributed by atoms with Gasteiger partial charge in [0.05, 0.1) is 13.2 Å². The van der Waals surface area contributed by atoms with Gasteiger partial charge in [-0.1, -0.05) is 182 Å². The van der Waals surface area contributed by atoms with Gasteiger partial charge in [-0.3, -0.25) is 0 Å². The van der Waals surface area contributed by atoms with E-state index in [0.717, 1.165) is 33.4 Å². The first-order valence-electron chi connectivity index (χ1n) is 16.8. The van der Waals surface area contributed by atoms with Gasteiger partial charge in [-0.05, 0) is 33.4 Å². The standard InChI is InChI=1S/C44H42O6/c45-39(31-49-43(33-19-7-1-8-20-33,34-21-9-2-10-22-34)35-23-11-3-12-24-35)41(47)42(48)40(46)32-50-44(36-25-13-4-14-26-36,37-27-15-5-16-28-37)38-29-17-6-18-30-38/h1-30,39-42,45-48H,31-32H2/t39-,40+,41-,42-/m1/s1. The zero-order valence-corrected chi connectivity index (χ0v) is 27.6. The van der Waals surface area contributed by atoms with Crippen LogP contribution in [-0.4, -0.2) is 58.1 Å². The first kappa shape index (κ1) is 34.9. The van der Waals surface area contributed by atoms with Crippen molar-refractivity contribution in [1.29, 1.82) is 0 Å². The fourth-order valence-electron chi connectivity index (χ4n) is 6.61. The lowest BCUT2D eigenvalue weighted by Gasteiger charge is -2.38. The van der Waals surface area contributed by atoms with Gasteiger partial charge in [0.15, 0.2) is 0 Å². The van der Waals surface area contributed by atoms with Crippen LogP contribution in [0.4, 0.5) is 0 Å². The number of ether oxygens (including phenoxy) is 2. The van der Waals surface area contributed by atoms with Crippen molar-refractivity contribution in [1.82, 2.24) is 0 Å². The van der Waals surface area contributed by atoms with Crippen LogP contribution < -0.4 is 0 Å². The zero-order chi connectivity index (χ0) is 34.8. The van der Waals surface area contributed by atoms with Gasteiger partial charge in [-0.25, -0.2) is 0 Å². The van der Waals surface area contributed by atoms with Crippen LogP contribution in [0.15, 0.2) is 182 Å². The van der Waals surface area contributed by atoms with Crippen LogP contribution >= 0.6 is 0 Å². The van der Waals surface area contributed by atoms with Gasteiger partial charge >= 0.3 is 0 Å². The third kappa shape index (κ3) is 7.18. The van der Waals surface area contributed by atoms with Crippen molar-refractivity contribution in [2.75, 3.05) is 13.2 Å². The molecular formula is C44H42O6. The van der Waals surface area contributed by atoms with Crippen LogP contribution in [0.5, 0.6) is 0 Å². The number of benzene rings is 6. The van der Waals surface area contributed by atoms with E-state index in [-0.39, 0.29) is 13.2 Å². The van der Waals surface area contributed by atoms with Crippen molar-refractivity contribution in [3.8, 4) is 0 Å². The molecule has 6 rings (SSSR count). The molecule has 6 aromatic rings. The maximum atomic E-state index is 11.3. The number of hydrogen-bond donors (Lipinski definition) is 4. The van der Waals surface area contributed by atoms with E-state index >= 15 is 0 Å². The van der Waals surface area contributed by atoms with Crippen molar-refractivity contribution >= 4 is 0 Å². The lowest BCUT2D eigenvalue weighted by Crippen LogP contribution is -2.49. The highest BCUT2D eigenvalue weighted by molar-refractivity contribution is 5.49. The Morgan fingerprint density at radius 1 is 0.320 bits per heavy atom. The molecule has 4 atom stereocenters. The summed E-state index contributed by atoms with van der Waals surface area (Å²) in [4.78, 5) is 0. The highest BCUT2D eigenvalue weighted by Crippen LogP contribution is 2.42. The van der Waals surface area contributed by atoms with Crippen LogP contribution in [0.2, 0.25) is 0 Å². The maximum Gasteiger partial charge on any atom is 0.143 e.